The second kappa shape index (κ2) is 8.72. The van der Waals surface area contributed by atoms with E-state index in [1.165, 1.54) is 19.2 Å². The molecule has 2 aromatic carbocycles. The lowest BCUT2D eigenvalue weighted by molar-refractivity contribution is -0.137. The topological polar surface area (TPSA) is 43.7 Å². The van der Waals surface area contributed by atoms with Crippen molar-refractivity contribution in [2.24, 2.45) is 5.16 Å². The highest BCUT2D eigenvalue weighted by Gasteiger charge is 2.30. The van der Waals surface area contributed by atoms with Crippen molar-refractivity contribution >= 4 is 5.71 Å². The Kier molecular flexibility index (Phi) is 6.11. The minimum atomic E-state index is -4.46. The predicted molar refractivity (Wildman–Crippen MR) is 99.1 cm³/mol. The Labute approximate surface area is 164 Å². The number of hydrogen-bond donors (Lipinski definition) is 0. The van der Waals surface area contributed by atoms with Crippen LogP contribution in [-0.2, 0) is 17.6 Å². The van der Waals surface area contributed by atoms with Gasteiger partial charge in [0.05, 0.1) is 5.56 Å². The smallest absolute Gasteiger partial charge is 0.417 e. The number of rotatable bonds is 6. The Morgan fingerprint density at radius 3 is 2.34 bits per heavy atom. The monoisotopic (exact) mass is 404 g/mol. The van der Waals surface area contributed by atoms with Crippen LogP contribution in [0, 0.1) is 5.82 Å². The molecule has 0 aliphatic heterocycles. The van der Waals surface area contributed by atoms with Gasteiger partial charge in [-0.15, -0.1) is 0 Å². The van der Waals surface area contributed by atoms with Gasteiger partial charge < -0.3 is 9.57 Å². The van der Waals surface area contributed by atoms with E-state index in [4.69, 9.17) is 9.57 Å². The van der Waals surface area contributed by atoms with Gasteiger partial charge in [0.25, 0.3) is 0 Å². The molecule has 0 radical (unpaired) electrons. The van der Waals surface area contributed by atoms with Crippen molar-refractivity contribution in [3.05, 3.63) is 94.9 Å². The maximum Gasteiger partial charge on any atom is 0.417 e. The molecule has 8 heteroatoms. The molecule has 0 atom stereocenters. The summed E-state index contributed by atoms with van der Waals surface area (Å²) < 4.78 is 56.7. The number of alkyl halides is 3. The van der Waals surface area contributed by atoms with Crippen molar-refractivity contribution in [3.63, 3.8) is 0 Å². The van der Waals surface area contributed by atoms with E-state index in [1.807, 2.05) is 0 Å². The Bertz CT molecular complexity index is 985. The van der Waals surface area contributed by atoms with Crippen LogP contribution in [0.5, 0.6) is 5.88 Å². The Morgan fingerprint density at radius 1 is 1.00 bits per heavy atom. The Morgan fingerprint density at radius 2 is 1.72 bits per heavy atom. The second-order valence-corrected chi connectivity index (χ2v) is 5.96. The van der Waals surface area contributed by atoms with Crippen LogP contribution in [0.15, 0.2) is 72.0 Å². The summed E-state index contributed by atoms with van der Waals surface area (Å²) in [4.78, 5) is 8.64. The predicted octanol–water partition coefficient (Wildman–Crippen LogP) is 5.22. The molecule has 0 fully saturated rings. The maximum absolute atomic E-state index is 13.3. The van der Waals surface area contributed by atoms with E-state index in [0.717, 1.165) is 18.3 Å². The van der Waals surface area contributed by atoms with E-state index in [2.05, 4.69) is 10.1 Å². The van der Waals surface area contributed by atoms with Gasteiger partial charge in [-0.05, 0) is 35.9 Å². The van der Waals surface area contributed by atoms with Crippen LogP contribution in [0.4, 0.5) is 17.6 Å². The highest BCUT2D eigenvalue weighted by molar-refractivity contribution is 6.13. The third kappa shape index (κ3) is 5.10. The van der Waals surface area contributed by atoms with Crippen molar-refractivity contribution in [1.29, 1.82) is 0 Å². The number of benzene rings is 2. The fourth-order valence-corrected chi connectivity index (χ4v) is 2.62. The molecule has 150 valence electrons. The maximum atomic E-state index is 13.3. The van der Waals surface area contributed by atoms with Crippen LogP contribution in [0.3, 0.4) is 0 Å². The summed E-state index contributed by atoms with van der Waals surface area (Å²) in [5.41, 5.74) is 1.62. The van der Waals surface area contributed by atoms with Gasteiger partial charge in [0.15, 0.2) is 0 Å². The summed E-state index contributed by atoms with van der Waals surface area (Å²) in [5.74, 6) is -0.324. The number of halogens is 4. The van der Waals surface area contributed by atoms with Gasteiger partial charge in [-0.2, -0.15) is 13.2 Å². The lowest BCUT2D eigenvalue weighted by Gasteiger charge is -2.13. The van der Waals surface area contributed by atoms with Crippen LogP contribution >= 0.6 is 0 Å². The first-order valence-electron chi connectivity index (χ1n) is 8.50. The van der Waals surface area contributed by atoms with Gasteiger partial charge in [-0.1, -0.05) is 29.4 Å². The molecule has 0 unspecified atom stereocenters. The largest absolute Gasteiger partial charge is 0.473 e. The molecule has 4 nitrogen and oxygen atoms in total. The number of aromatic nitrogens is 1. The molecule has 29 heavy (non-hydrogen) atoms. The highest BCUT2D eigenvalue weighted by atomic mass is 19.4. The first-order chi connectivity index (χ1) is 13.9. The van der Waals surface area contributed by atoms with Gasteiger partial charge in [-0.25, -0.2) is 9.37 Å². The summed E-state index contributed by atoms with van der Waals surface area (Å²) in [5, 5.41) is 4.05. The van der Waals surface area contributed by atoms with Gasteiger partial charge >= 0.3 is 6.18 Å². The fourth-order valence-electron chi connectivity index (χ4n) is 2.62. The van der Waals surface area contributed by atoms with Gasteiger partial charge in [0, 0.05) is 23.4 Å². The fraction of sp³-hybridized carbons (Fsp3) is 0.143. The molecule has 3 aromatic rings. The minimum absolute atomic E-state index is 0.0401. The number of ether oxygens (including phenoxy) is 1. The van der Waals surface area contributed by atoms with E-state index in [-0.39, 0.29) is 18.3 Å². The molecular weight excluding hydrogens is 388 g/mol. The molecule has 0 bridgehead atoms. The molecule has 0 aliphatic rings. The van der Waals surface area contributed by atoms with Crippen LogP contribution in [0.25, 0.3) is 0 Å². The number of oxime groups is 1. The SMILES string of the molecule is CO/N=C(/c1ccc(F)cc1)c1ccccc1COc1ccc(C(F)(F)F)cn1. The van der Waals surface area contributed by atoms with Crippen LogP contribution < -0.4 is 4.74 Å². The van der Waals surface area contributed by atoms with Crippen molar-refractivity contribution in [2.75, 3.05) is 7.11 Å². The summed E-state index contributed by atoms with van der Waals surface area (Å²) in [6.07, 6.45) is -3.74. The van der Waals surface area contributed by atoms with Gasteiger partial charge in [-0.3, -0.25) is 0 Å². The highest BCUT2D eigenvalue weighted by Crippen LogP contribution is 2.29. The van der Waals surface area contributed by atoms with Crippen molar-refractivity contribution < 1.29 is 27.1 Å². The van der Waals surface area contributed by atoms with Crippen molar-refractivity contribution in [3.8, 4) is 5.88 Å². The first kappa shape index (κ1) is 20.3. The quantitative estimate of drug-likeness (QED) is 0.322. The minimum Gasteiger partial charge on any atom is -0.473 e. The molecule has 0 saturated carbocycles. The Hall–Kier alpha value is -3.42. The van der Waals surface area contributed by atoms with Crippen LogP contribution in [-0.4, -0.2) is 17.8 Å². The summed E-state index contributed by atoms with van der Waals surface area (Å²) in [6, 6.07) is 15.0. The zero-order chi connectivity index (χ0) is 20.9. The number of hydrogen-bond acceptors (Lipinski definition) is 4. The average Bonchev–Trinajstić information content (AvgIpc) is 2.71. The van der Waals surface area contributed by atoms with E-state index in [1.54, 1.807) is 36.4 Å². The normalized spacial score (nSPS) is 12.0. The molecule has 0 aliphatic carbocycles. The summed E-state index contributed by atoms with van der Waals surface area (Å²) in [7, 11) is 1.40. The van der Waals surface area contributed by atoms with E-state index < -0.39 is 11.7 Å². The molecule has 0 spiro atoms. The van der Waals surface area contributed by atoms with Gasteiger partial charge in [0.2, 0.25) is 5.88 Å². The first-order valence-corrected chi connectivity index (χ1v) is 8.50. The molecule has 1 heterocycles. The van der Waals surface area contributed by atoms with E-state index in [9.17, 15) is 17.6 Å². The zero-order valence-electron chi connectivity index (χ0n) is 15.3. The molecule has 3 rings (SSSR count). The second-order valence-electron chi connectivity index (χ2n) is 5.96. The third-order valence-corrected chi connectivity index (χ3v) is 4.01. The van der Waals surface area contributed by atoms with E-state index in [0.29, 0.717) is 22.4 Å². The molecule has 0 saturated heterocycles. The summed E-state index contributed by atoms with van der Waals surface area (Å²) >= 11 is 0. The standard InChI is InChI=1S/C21H16F4N2O2/c1-28-27-20(14-6-9-17(22)10-7-14)18-5-3-2-4-15(18)13-29-19-11-8-16(12-26-19)21(23,24)25/h2-12H,13H2,1H3/b27-20-. The molecular formula is C21H16F4N2O2. The van der Waals surface area contributed by atoms with Crippen molar-refractivity contribution in [2.45, 2.75) is 12.8 Å². The third-order valence-electron chi connectivity index (χ3n) is 4.01. The molecule has 1 aromatic heterocycles. The Balaban J connectivity index is 1.84. The van der Waals surface area contributed by atoms with E-state index >= 15 is 0 Å². The lowest BCUT2D eigenvalue weighted by Crippen LogP contribution is -2.10. The number of nitrogens with zero attached hydrogens (tertiary/aromatic N) is 2. The molecule has 0 amide bonds. The van der Waals surface area contributed by atoms with Crippen LogP contribution in [0.1, 0.15) is 22.3 Å². The van der Waals surface area contributed by atoms with Crippen molar-refractivity contribution in [1.82, 2.24) is 4.98 Å². The van der Waals surface area contributed by atoms with Gasteiger partial charge in [0.1, 0.15) is 25.2 Å². The molecule has 0 N–H and O–H groups in total. The summed E-state index contributed by atoms with van der Waals surface area (Å²) in [6.45, 7) is 0.0401. The van der Waals surface area contributed by atoms with Crippen LogP contribution in [0.2, 0.25) is 0 Å². The lowest BCUT2D eigenvalue weighted by atomic mass is 9.98. The number of pyridine rings is 1. The average molecular weight is 404 g/mol. The zero-order valence-corrected chi connectivity index (χ0v) is 15.3.